The molecule has 0 amide bonds. The van der Waals surface area contributed by atoms with Gasteiger partial charge in [-0.3, -0.25) is 4.72 Å². The van der Waals surface area contributed by atoms with E-state index in [-0.39, 0.29) is 4.90 Å². The van der Waals surface area contributed by atoms with Crippen molar-refractivity contribution in [1.82, 2.24) is 9.38 Å². The van der Waals surface area contributed by atoms with E-state index in [9.17, 15) is 8.42 Å². The van der Waals surface area contributed by atoms with Crippen molar-refractivity contribution in [1.29, 1.82) is 0 Å². The van der Waals surface area contributed by atoms with Crippen molar-refractivity contribution in [3.63, 3.8) is 0 Å². The zero-order valence-corrected chi connectivity index (χ0v) is 11.8. The summed E-state index contributed by atoms with van der Waals surface area (Å²) in [6, 6.07) is 9.39. The van der Waals surface area contributed by atoms with Crippen LogP contribution in [-0.4, -0.2) is 17.8 Å². The second-order valence-electron chi connectivity index (χ2n) is 4.17. The van der Waals surface area contributed by atoms with Gasteiger partial charge in [-0.05, 0) is 36.4 Å². The van der Waals surface area contributed by atoms with Crippen LogP contribution in [0.5, 0.6) is 0 Å². The Morgan fingerprint density at radius 3 is 2.60 bits per heavy atom. The number of sulfonamides is 1. The molecule has 0 aliphatic carbocycles. The zero-order valence-electron chi connectivity index (χ0n) is 10.2. The Labute approximate surface area is 120 Å². The molecular weight excluding hydrogens is 298 g/mol. The molecule has 2 heterocycles. The molecule has 0 saturated carbocycles. The highest BCUT2D eigenvalue weighted by atomic mass is 35.5. The van der Waals surface area contributed by atoms with Crippen LogP contribution in [-0.2, 0) is 10.0 Å². The molecule has 0 unspecified atom stereocenters. The predicted octanol–water partition coefficient (Wildman–Crippen LogP) is 2.79. The van der Waals surface area contributed by atoms with Crippen molar-refractivity contribution in [3.05, 3.63) is 60.0 Å². The van der Waals surface area contributed by atoms with E-state index in [4.69, 9.17) is 11.6 Å². The summed E-state index contributed by atoms with van der Waals surface area (Å²) in [4.78, 5) is 4.26. The summed E-state index contributed by atoms with van der Waals surface area (Å²) in [5.74, 6) is 0. The summed E-state index contributed by atoms with van der Waals surface area (Å²) in [5.41, 5.74) is 1.21. The van der Waals surface area contributed by atoms with E-state index in [0.29, 0.717) is 10.7 Å². The Bertz CT molecular complexity index is 857. The van der Waals surface area contributed by atoms with Crippen LogP contribution in [0.1, 0.15) is 0 Å². The molecule has 7 heteroatoms. The third-order valence-electron chi connectivity index (χ3n) is 2.76. The van der Waals surface area contributed by atoms with Crippen LogP contribution in [0.25, 0.3) is 5.65 Å². The fourth-order valence-electron chi connectivity index (χ4n) is 1.81. The van der Waals surface area contributed by atoms with Crippen LogP contribution in [0.4, 0.5) is 5.69 Å². The minimum Gasteiger partial charge on any atom is -0.305 e. The van der Waals surface area contributed by atoms with Crippen LogP contribution in [0.2, 0.25) is 5.02 Å². The lowest BCUT2D eigenvalue weighted by Crippen LogP contribution is -2.13. The number of nitrogens with one attached hydrogen (secondary N) is 1. The van der Waals surface area contributed by atoms with Gasteiger partial charge in [-0.2, -0.15) is 0 Å². The van der Waals surface area contributed by atoms with Crippen molar-refractivity contribution in [2.24, 2.45) is 0 Å². The van der Waals surface area contributed by atoms with E-state index >= 15 is 0 Å². The number of pyridine rings is 1. The van der Waals surface area contributed by atoms with Gasteiger partial charge >= 0.3 is 0 Å². The van der Waals surface area contributed by atoms with Gasteiger partial charge in [-0.25, -0.2) is 13.4 Å². The van der Waals surface area contributed by atoms with E-state index in [1.165, 1.54) is 24.3 Å². The average molecular weight is 308 g/mol. The smallest absolute Gasteiger partial charge is 0.261 e. The lowest BCUT2D eigenvalue weighted by molar-refractivity contribution is 0.601. The molecule has 0 spiro atoms. The van der Waals surface area contributed by atoms with E-state index in [1.807, 2.05) is 0 Å². The first-order valence-electron chi connectivity index (χ1n) is 5.76. The van der Waals surface area contributed by atoms with Gasteiger partial charge in [0.2, 0.25) is 0 Å². The Morgan fingerprint density at radius 2 is 1.85 bits per heavy atom. The van der Waals surface area contributed by atoms with Gasteiger partial charge in [0.1, 0.15) is 5.65 Å². The first-order valence-corrected chi connectivity index (χ1v) is 7.62. The van der Waals surface area contributed by atoms with Gasteiger partial charge in [0.05, 0.1) is 10.6 Å². The standard InChI is InChI=1S/C13H10ClN3O2S/c14-10-1-4-12(5-2-10)20(18,19)16-11-3-6-13-15-7-8-17(13)9-11/h1-9,16H. The van der Waals surface area contributed by atoms with Crippen molar-refractivity contribution >= 4 is 33.0 Å². The second-order valence-corrected chi connectivity index (χ2v) is 6.29. The molecule has 0 bridgehead atoms. The van der Waals surface area contributed by atoms with E-state index in [1.54, 1.807) is 35.1 Å². The van der Waals surface area contributed by atoms with Gasteiger partial charge in [0.15, 0.2) is 0 Å². The highest BCUT2D eigenvalue weighted by Crippen LogP contribution is 2.18. The molecule has 5 nitrogen and oxygen atoms in total. The summed E-state index contributed by atoms with van der Waals surface area (Å²) in [6.45, 7) is 0. The lowest BCUT2D eigenvalue weighted by atomic mass is 10.4. The second kappa shape index (κ2) is 4.81. The third-order valence-corrected chi connectivity index (χ3v) is 4.41. The number of benzene rings is 1. The van der Waals surface area contributed by atoms with Gasteiger partial charge < -0.3 is 4.40 Å². The Morgan fingerprint density at radius 1 is 1.10 bits per heavy atom. The molecule has 0 radical (unpaired) electrons. The number of anilines is 1. The van der Waals surface area contributed by atoms with E-state index in [0.717, 1.165) is 5.65 Å². The third kappa shape index (κ3) is 2.48. The van der Waals surface area contributed by atoms with Crippen LogP contribution in [0, 0.1) is 0 Å². The molecule has 3 aromatic rings. The molecule has 0 atom stereocenters. The van der Waals surface area contributed by atoms with Crippen molar-refractivity contribution in [2.45, 2.75) is 4.90 Å². The summed E-state index contributed by atoms with van der Waals surface area (Å²) in [7, 11) is -3.62. The van der Waals surface area contributed by atoms with Crippen molar-refractivity contribution in [3.8, 4) is 0 Å². The number of nitrogens with zero attached hydrogens (tertiary/aromatic N) is 2. The average Bonchev–Trinajstić information content (AvgIpc) is 2.86. The number of hydrogen-bond acceptors (Lipinski definition) is 3. The van der Waals surface area contributed by atoms with Gasteiger partial charge in [0, 0.05) is 23.6 Å². The number of imidazole rings is 1. The molecule has 0 aliphatic heterocycles. The lowest BCUT2D eigenvalue weighted by Gasteiger charge is -2.08. The van der Waals surface area contributed by atoms with E-state index in [2.05, 4.69) is 9.71 Å². The van der Waals surface area contributed by atoms with Crippen LogP contribution in [0.3, 0.4) is 0 Å². The van der Waals surface area contributed by atoms with Gasteiger partial charge in [-0.15, -0.1) is 0 Å². The Balaban J connectivity index is 1.94. The fraction of sp³-hybridized carbons (Fsp3) is 0. The topological polar surface area (TPSA) is 63.5 Å². The minimum atomic E-state index is -3.62. The molecule has 20 heavy (non-hydrogen) atoms. The molecular formula is C13H10ClN3O2S. The number of hydrogen-bond donors (Lipinski definition) is 1. The maximum absolute atomic E-state index is 12.2. The van der Waals surface area contributed by atoms with Crippen molar-refractivity contribution in [2.75, 3.05) is 4.72 Å². The molecule has 0 saturated heterocycles. The summed E-state index contributed by atoms with van der Waals surface area (Å²) in [6.07, 6.45) is 5.05. The molecule has 1 aromatic carbocycles. The summed E-state index contributed by atoms with van der Waals surface area (Å²) < 4.78 is 28.7. The van der Waals surface area contributed by atoms with E-state index < -0.39 is 10.0 Å². The molecule has 102 valence electrons. The maximum atomic E-state index is 12.2. The normalized spacial score (nSPS) is 11.7. The number of rotatable bonds is 3. The molecule has 0 aliphatic rings. The Kier molecular flexibility index (Phi) is 3.11. The molecule has 1 N–H and O–H groups in total. The van der Waals surface area contributed by atoms with Crippen LogP contribution in [0.15, 0.2) is 59.9 Å². The first-order chi connectivity index (χ1) is 9.54. The molecule has 2 aromatic heterocycles. The summed E-state index contributed by atoms with van der Waals surface area (Å²) in [5, 5.41) is 0.490. The molecule has 3 rings (SSSR count). The zero-order chi connectivity index (χ0) is 14.2. The van der Waals surface area contributed by atoms with Gasteiger partial charge in [0.25, 0.3) is 10.0 Å². The number of fused-ring (bicyclic) bond motifs is 1. The van der Waals surface area contributed by atoms with Gasteiger partial charge in [-0.1, -0.05) is 11.6 Å². The largest absolute Gasteiger partial charge is 0.305 e. The fourth-order valence-corrected chi connectivity index (χ4v) is 2.98. The first kappa shape index (κ1) is 13.0. The highest BCUT2D eigenvalue weighted by molar-refractivity contribution is 7.92. The minimum absolute atomic E-state index is 0.160. The number of halogens is 1. The molecule has 0 fully saturated rings. The SMILES string of the molecule is O=S(=O)(Nc1ccc2nccn2c1)c1ccc(Cl)cc1. The van der Waals surface area contributed by atoms with Crippen LogP contribution >= 0.6 is 11.6 Å². The predicted molar refractivity (Wildman–Crippen MR) is 77.5 cm³/mol. The monoisotopic (exact) mass is 307 g/mol. The maximum Gasteiger partial charge on any atom is 0.261 e. The quantitative estimate of drug-likeness (QED) is 0.809. The van der Waals surface area contributed by atoms with Crippen molar-refractivity contribution < 1.29 is 8.42 Å². The summed E-state index contributed by atoms with van der Waals surface area (Å²) >= 11 is 5.75. The van der Waals surface area contributed by atoms with Crippen LogP contribution < -0.4 is 4.72 Å². The highest BCUT2D eigenvalue weighted by Gasteiger charge is 2.14. The Hall–Kier alpha value is -2.05. The number of aromatic nitrogens is 2.